The van der Waals surface area contributed by atoms with E-state index in [0.717, 1.165) is 16.5 Å². The van der Waals surface area contributed by atoms with Crippen LogP contribution >= 0.6 is 0 Å². The average molecular weight is 191 g/mol. The molecule has 0 radical (unpaired) electrons. The first kappa shape index (κ1) is 9.24. The molecule has 2 rings (SSSR count). The van der Waals surface area contributed by atoms with Crippen molar-refractivity contribution in [1.82, 2.24) is 0 Å². The first-order valence-electron chi connectivity index (χ1n) is 4.51. The van der Waals surface area contributed by atoms with E-state index in [0.29, 0.717) is 0 Å². The third-order valence-corrected chi connectivity index (χ3v) is 2.44. The molecule has 14 heavy (non-hydrogen) atoms. The summed E-state index contributed by atoms with van der Waals surface area (Å²) in [6.07, 6.45) is 1.64. The highest BCUT2D eigenvalue weighted by molar-refractivity contribution is 5.78. The molecule has 0 aliphatic rings. The van der Waals surface area contributed by atoms with E-state index < -0.39 is 5.54 Å². The molecule has 0 bridgehead atoms. The van der Waals surface area contributed by atoms with E-state index >= 15 is 0 Å². The maximum Gasteiger partial charge on any atom is 0.133 e. The molecule has 1 atom stereocenters. The lowest BCUT2D eigenvalue weighted by Gasteiger charge is -2.22. The van der Waals surface area contributed by atoms with Crippen molar-refractivity contribution in [2.75, 3.05) is 6.61 Å². The Bertz CT molecular complexity index is 445. The summed E-state index contributed by atoms with van der Waals surface area (Å²) in [5, 5.41) is 10.1. The number of nitrogens with two attached hydrogens (primary N) is 1. The van der Waals surface area contributed by atoms with Gasteiger partial charge in [0.25, 0.3) is 0 Å². The topological polar surface area (TPSA) is 59.4 Å². The molecule has 1 heterocycles. The van der Waals surface area contributed by atoms with Crippen LogP contribution < -0.4 is 5.73 Å². The van der Waals surface area contributed by atoms with Crippen LogP contribution in [0.2, 0.25) is 0 Å². The molecule has 0 spiro atoms. The fourth-order valence-electron chi connectivity index (χ4n) is 1.41. The summed E-state index contributed by atoms with van der Waals surface area (Å²) >= 11 is 0. The highest BCUT2D eigenvalue weighted by Gasteiger charge is 2.20. The van der Waals surface area contributed by atoms with E-state index in [4.69, 9.17) is 15.3 Å². The van der Waals surface area contributed by atoms with Crippen molar-refractivity contribution in [2.24, 2.45) is 5.73 Å². The Morgan fingerprint density at radius 2 is 2.21 bits per heavy atom. The second-order valence-electron chi connectivity index (χ2n) is 3.75. The van der Waals surface area contributed by atoms with Crippen molar-refractivity contribution in [1.29, 1.82) is 0 Å². The van der Waals surface area contributed by atoms with Gasteiger partial charge >= 0.3 is 0 Å². The van der Waals surface area contributed by atoms with Crippen molar-refractivity contribution in [3.63, 3.8) is 0 Å². The van der Waals surface area contributed by atoms with Crippen molar-refractivity contribution in [2.45, 2.75) is 12.5 Å². The molecule has 0 unspecified atom stereocenters. The smallest absolute Gasteiger partial charge is 0.133 e. The monoisotopic (exact) mass is 191 g/mol. The Morgan fingerprint density at radius 3 is 2.93 bits per heavy atom. The van der Waals surface area contributed by atoms with Gasteiger partial charge in [0.1, 0.15) is 5.58 Å². The number of rotatable bonds is 2. The van der Waals surface area contributed by atoms with Crippen LogP contribution in [0.4, 0.5) is 0 Å². The van der Waals surface area contributed by atoms with E-state index in [-0.39, 0.29) is 6.61 Å². The van der Waals surface area contributed by atoms with E-state index in [9.17, 15) is 0 Å². The van der Waals surface area contributed by atoms with Gasteiger partial charge in [-0.05, 0) is 30.7 Å². The van der Waals surface area contributed by atoms with E-state index in [1.54, 1.807) is 13.2 Å². The maximum absolute atomic E-state index is 9.12. The number of aliphatic hydroxyl groups is 1. The number of aliphatic hydroxyl groups excluding tert-OH is 1. The molecule has 0 amide bonds. The summed E-state index contributed by atoms with van der Waals surface area (Å²) in [4.78, 5) is 0. The van der Waals surface area contributed by atoms with Gasteiger partial charge in [0.2, 0.25) is 0 Å². The van der Waals surface area contributed by atoms with Gasteiger partial charge in [-0.1, -0.05) is 6.07 Å². The summed E-state index contributed by atoms with van der Waals surface area (Å²) in [6, 6.07) is 7.56. The average Bonchev–Trinajstić information content (AvgIpc) is 2.64. The van der Waals surface area contributed by atoms with Gasteiger partial charge in [-0.15, -0.1) is 0 Å². The minimum Gasteiger partial charge on any atom is -0.464 e. The SMILES string of the molecule is C[C@](N)(CO)c1ccc2occc2c1. The van der Waals surface area contributed by atoms with Gasteiger partial charge in [-0.3, -0.25) is 0 Å². The zero-order valence-electron chi connectivity index (χ0n) is 8.03. The minimum atomic E-state index is -0.689. The molecule has 3 nitrogen and oxygen atoms in total. The van der Waals surface area contributed by atoms with Crippen LogP contribution in [-0.4, -0.2) is 11.7 Å². The Labute approximate surface area is 82.1 Å². The second-order valence-corrected chi connectivity index (χ2v) is 3.75. The third-order valence-electron chi connectivity index (χ3n) is 2.44. The molecule has 2 aromatic rings. The fraction of sp³-hybridized carbons (Fsp3) is 0.273. The van der Waals surface area contributed by atoms with Gasteiger partial charge in [-0.25, -0.2) is 0 Å². The molecule has 0 aliphatic heterocycles. The van der Waals surface area contributed by atoms with E-state index in [2.05, 4.69) is 0 Å². The summed E-state index contributed by atoms with van der Waals surface area (Å²) in [6.45, 7) is 1.73. The van der Waals surface area contributed by atoms with Crippen molar-refractivity contribution < 1.29 is 9.52 Å². The lowest BCUT2D eigenvalue weighted by molar-refractivity contribution is 0.210. The van der Waals surface area contributed by atoms with Crippen LogP contribution in [0, 0.1) is 0 Å². The predicted molar refractivity (Wildman–Crippen MR) is 54.8 cm³/mol. The van der Waals surface area contributed by atoms with E-state index in [1.807, 2.05) is 24.3 Å². The molecule has 0 aliphatic carbocycles. The molecule has 1 aromatic heterocycles. The van der Waals surface area contributed by atoms with Crippen LogP contribution in [0.25, 0.3) is 11.0 Å². The zero-order valence-corrected chi connectivity index (χ0v) is 8.03. The minimum absolute atomic E-state index is 0.0731. The normalized spacial score (nSPS) is 15.6. The largest absolute Gasteiger partial charge is 0.464 e. The Balaban J connectivity index is 2.53. The van der Waals surface area contributed by atoms with Gasteiger partial charge < -0.3 is 15.3 Å². The summed E-state index contributed by atoms with van der Waals surface area (Å²) in [7, 11) is 0. The van der Waals surface area contributed by atoms with Crippen LogP contribution in [-0.2, 0) is 5.54 Å². The number of fused-ring (bicyclic) bond motifs is 1. The standard InChI is InChI=1S/C11H13NO2/c1-11(12,7-13)9-2-3-10-8(6-9)4-5-14-10/h2-6,13H,7,12H2,1H3/t11-/m0/s1. The summed E-state index contributed by atoms with van der Waals surface area (Å²) in [5.41, 5.74) is 6.97. The highest BCUT2D eigenvalue weighted by Crippen LogP contribution is 2.23. The van der Waals surface area contributed by atoms with Crippen LogP contribution in [0.3, 0.4) is 0 Å². The van der Waals surface area contributed by atoms with Gasteiger partial charge in [0.15, 0.2) is 0 Å². The van der Waals surface area contributed by atoms with Crippen LogP contribution in [0.5, 0.6) is 0 Å². The molecular weight excluding hydrogens is 178 g/mol. The maximum atomic E-state index is 9.12. The van der Waals surface area contributed by atoms with Gasteiger partial charge in [0.05, 0.1) is 18.4 Å². The first-order chi connectivity index (χ1) is 6.63. The lowest BCUT2D eigenvalue weighted by Crippen LogP contribution is -2.36. The number of benzene rings is 1. The number of hydrogen-bond acceptors (Lipinski definition) is 3. The summed E-state index contributed by atoms with van der Waals surface area (Å²) in [5.74, 6) is 0. The quantitative estimate of drug-likeness (QED) is 0.758. The van der Waals surface area contributed by atoms with E-state index in [1.165, 1.54) is 0 Å². The molecular formula is C11H13NO2. The predicted octanol–water partition coefficient (Wildman–Crippen LogP) is 1.60. The Kier molecular flexibility index (Phi) is 2.06. The van der Waals surface area contributed by atoms with Crippen molar-refractivity contribution in [3.8, 4) is 0 Å². The molecule has 3 N–H and O–H groups in total. The molecule has 74 valence electrons. The zero-order chi connectivity index (χ0) is 10.2. The number of hydrogen-bond donors (Lipinski definition) is 2. The molecule has 1 aromatic carbocycles. The molecule has 0 saturated heterocycles. The van der Waals surface area contributed by atoms with Gasteiger partial charge in [0, 0.05) is 5.39 Å². The first-order valence-corrected chi connectivity index (χ1v) is 4.51. The lowest BCUT2D eigenvalue weighted by atomic mass is 9.93. The van der Waals surface area contributed by atoms with Crippen molar-refractivity contribution in [3.05, 3.63) is 36.1 Å². The fourth-order valence-corrected chi connectivity index (χ4v) is 1.41. The third kappa shape index (κ3) is 1.41. The molecule has 0 fully saturated rings. The molecule has 3 heteroatoms. The van der Waals surface area contributed by atoms with Crippen LogP contribution in [0.1, 0.15) is 12.5 Å². The van der Waals surface area contributed by atoms with Crippen molar-refractivity contribution >= 4 is 11.0 Å². The van der Waals surface area contributed by atoms with Gasteiger partial charge in [-0.2, -0.15) is 0 Å². The highest BCUT2D eigenvalue weighted by atomic mass is 16.3. The Hall–Kier alpha value is -1.32. The molecule has 0 saturated carbocycles. The summed E-state index contributed by atoms with van der Waals surface area (Å²) < 4.78 is 5.22. The Morgan fingerprint density at radius 1 is 1.43 bits per heavy atom. The second kappa shape index (κ2) is 3.12. The number of furan rings is 1. The van der Waals surface area contributed by atoms with Crippen LogP contribution in [0.15, 0.2) is 34.9 Å².